The smallest absolute Gasteiger partial charge is 0.263 e. The van der Waals surface area contributed by atoms with Crippen molar-refractivity contribution in [3.8, 4) is 0 Å². The number of carbonyl (C=O) groups is 1. The van der Waals surface area contributed by atoms with E-state index in [1.165, 1.54) is 12.8 Å². The van der Waals surface area contributed by atoms with Crippen LogP contribution < -0.4 is 5.56 Å². The first-order chi connectivity index (χ1) is 14.7. The van der Waals surface area contributed by atoms with Gasteiger partial charge in [-0.15, -0.1) is 0 Å². The van der Waals surface area contributed by atoms with Crippen LogP contribution in [-0.4, -0.2) is 78.9 Å². The Morgan fingerprint density at radius 3 is 2.40 bits per heavy atom. The largest absolute Gasteiger partial charge is 0.377 e. The summed E-state index contributed by atoms with van der Waals surface area (Å²) in [7, 11) is 0. The highest BCUT2D eigenvalue weighted by molar-refractivity contribution is 5.93. The van der Waals surface area contributed by atoms with Gasteiger partial charge in [-0.3, -0.25) is 14.5 Å². The van der Waals surface area contributed by atoms with E-state index < -0.39 is 0 Å². The number of aromatic nitrogens is 1. The summed E-state index contributed by atoms with van der Waals surface area (Å²) in [4.78, 5) is 30.8. The Kier molecular flexibility index (Phi) is 5.94. The third-order valence-corrected chi connectivity index (χ3v) is 7.27. The molecule has 30 heavy (non-hydrogen) atoms. The quantitative estimate of drug-likeness (QED) is 0.736. The van der Waals surface area contributed by atoms with E-state index >= 15 is 0 Å². The van der Waals surface area contributed by atoms with Gasteiger partial charge in [0.25, 0.3) is 11.5 Å². The average Bonchev–Trinajstić information content (AvgIpc) is 3.19. The van der Waals surface area contributed by atoms with Gasteiger partial charge in [0.2, 0.25) is 0 Å². The molecule has 0 saturated carbocycles. The molecule has 1 amide bonds. The summed E-state index contributed by atoms with van der Waals surface area (Å²) >= 11 is 0. The molecule has 0 unspecified atom stereocenters. The second kappa shape index (κ2) is 8.81. The molecule has 7 nitrogen and oxygen atoms in total. The molecule has 5 rings (SSSR count). The number of fused-ring (bicyclic) bond motifs is 4. The molecule has 1 aromatic heterocycles. The third kappa shape index (κ3) is 3.95. The maximum atomic E-state index is 13.3. The number of likely N-dealkylation sites (tertiary alicyclic amines) is 2. The van der Waals surface area contributed by atoms with Crippen molar-refractivity contribution in [1.82, 2.24) is 14.4 Å². The van der Waals surface area contributed by atoms with E-state index in [9.17, 15) is 9.59 Å². The van der Waals surface area contributed by atoms with Crippen molar-refractivity contribution in [3.05, 3.63) is 33.7 Å². The highest BCUT2D eigenvalue weighted by Crippen LogP contribution is 2.36. The SMILES string of the molecule is O=C(c1ccc2n(c1=O)C[C@H]1C[C@@H]2CN(C2COCCOC2)C1)N1CCCCCC1. The minimum Gasteiger partial charge on any atom is -0.377 e. The number of amides is 1. The van der Waals surface area contributed by atoms with E-state index in [1.807, 2.05) is 15.5 Å². The van der Waals surface area contributed by atoms with Crippen LogP contribution in [0, 0.1) is 5.92 Å². The summed E-state index contributed by atoms with van der Waals surface area (Å²) in [5.74, 6) is 0.679. The fourth-order valence-electron chi connectivity index (χ4n) is 5.70. The molecule has 1 aromatic rings. The number of carbonyl (C=O) groups excluding carboxylic acids is 1. The van der Waals surface area contributed by atoms with Crippen molar-refractivity contribution in [2.45, 2.75) is 50.6 Å². The van der Waals surface area contributed by atoms with Crippen LogP contribution >= 0.6 is 0 Å². The summed E-state index contributed by atoms with van der Waals surface area (Å²) < 4.78 is 13.3. The Morgan fingerprint density at radius 1 is 0.933 bits per heavy atom. The molecule has 4 aliphatic rings. The summed E-state index contributed by atoms with van der Waals surface area (Å²) in [5.41, 5.74) is 1.35. The minimum absolute atomic E-state index is 0.0812. The van der Waals surface area contributed by atoms with Gasteiger partial charge in [-0.2, -0.15) is 0 Å². The first-order valence-corrected chi connectivity index (χ1v) is 11.6. The Bertz CT molecular complexity index is 822. The standard InChI is InChI=1S/C23H33N3O4/c27-22(24-7-3-1-2-4-8-24)20-5-6-21-18-11-17(13-26(21)23(20)28)12-25(14-18)19-15-29-9-10-30-16-19/h5-6,17-19H,1-4,7-16H2/t17-,18+/m0/s1. The van der Waals surface area contributed by atoms with Crippen LogP contribution in [0.1, 0.15) is 54.1 Å². The molecule has 0 N–H and O–H groups in total. The lowest BCUT2D eigenvalue weighted by atomic mass is 9.82. The van der Waals surface area contributed by atoms with Gasteiger partial charge in [0.05, 0.1) is 32.5 Å². The number of hydrogen-bond acceptors (Lipinski definition) is 5. The van der Waals surface area contributed by atoms with E-state index in [-0.39, 0.29) is 11.5 Å². The second-order valence-corrected chi connectivity index (χ2v) is 9.35. The minimum atomic E-state index is -0.0916. The van der Waals surface area contributed by atoms with Crippen molar-refractivity contribution < 1.29 is 14.3 Å². The van der Waals surface area contributed by atoms with Crippen LogP contribution in [0.2, 0.25) is 0 Å². The molecule has 164 valence electrons. The normalized spacial score (nSPS) is 28.5. The predicted octanol–water partition coefficient (Wildman–Crippen LogP) is 1.70. The summed E-state index contributed by atoms with van der Waals surface area (Å²) in [6.07, 6.45) is 5.52. The van der Waals surface area contributed by atoms with Gasteiger partial charge in [0, 0.05) is 44.3 Å². The zero-order valence-electron chi connectivity index (χ0n) is 17.8. The molecule has 5 heterocycles. The topological polar surface area (TPSA) is 64.0 Å². The second-order valence-electron chi connectivity index (χ2n) is 9.35. The van der Waals surface area contributed by atoms with Crippen LogP contribution in [0.4, 0.5) is 0 Å². The van der Waals surface area contributed by atoms with Crippen LogP contribution in [0.3, 0.4) is 0 Å². The number of rotatable bonds is 2. The van der Waals surface area contributed by atoms with Crippen LogP contribution in [0.25, 0.3) is 0 Å². The van der Waals surface area contributed by atoms with Gasteiger partial charge in [0.1, 0.15) is 5.56 Å². The van der Waals surface area contributed by atoms with E-state index in [0.717, 1.165) is 64.3 Å². The van der Waals surface area contributed by atoms with Gasteiger partial charge >= 0.3 is 0 Å². The number of piperidine rings is 1. The number of ether oxygens (including phenoxy) is 2. The highest BCUT2D eigenvalue weighted by atomic mass is 16.5. The number of pyridine rings is 1. The number of nitrogens with zero attached hydrogens (tertiary/aromatic N) is 3. The molecule has 0 aromatic carbocycles. The lowest BCUT2D eigenvalue weighted by Gasteiger charge is -2.45. The molecule has 0 spiro atoms. The zero-order chi connectivity index (χ0) is 20.5. The predicted molar refractivity (Wildman–Crippen MR) is 113 cm³/mol. The molecule has 7 heteroatoms. The van der Waals surface area contributed by atoms with Crippen LogP contribution in [-0.2, 0) is 16.0 Å². The van der Waals surface area contributed by atoms with E-state index in [1.54, 1.807) is 6.07 Å². The molecule has 0 aliphatic carbocycles. The lowest BCUT2D eigenvalue weighted by molar-refractivity contribution is 0.0233. The summed E-state index contributed by atoms with van der Waals surface area (Å²) in [6, 6.07) is 4.12. The maximum absolute atomic E-state index is 13.3. The fourth-order valence-corrected chi connectivity index (χ4v) is 5.70. The third-order valence-electron chi connectivity index (χ3n) is 7.27. The van der Waals surface area contributed by atoms with Gasteiger partial charge < -0.3 is 18.9 Å². The lowest BCUT2D eigenvalue weighted by Crippen LogP contribution is -2.53. The molecule has 0 radical (unpaired) electrons. The van der Waals surface area contributed by atoms with E-state index in [2.05, 4.69) is 4.90 Å². The van der Waals surface area contributed by atoms with Gasteiger partial charge in [-0.1, -0.05) is 12.8 Å². The summed E-state index contributed by atoms with van der Waals surface area (Å²) in [5, 5.41) is 0. The van der Waals surface area contributed by atoms with Gasteiger partial charge in [-0.05, 0) is 37.3 Å². The Balaban J connectivity index is 1.37. The Morgan fingerprint density at radius 2 is 1.67 bits per heavy atom. The van der Waals surface area contributed by atoms with Crippen molar-refractivity contribution >= 4 is 5.91 Å². The van der Waals surface area contributed by atoms with Crippen molar-refractivity contribution in [3.63, 3.8) is 0 Å². The molecule has 3 fully saturated rings. The maximum Gasteiger partial charge on any atom is 0.263 e. The van der Waals surface area contributed by atoms with Crippen molar-refractivity contribution in [2.24, 2.45) is 5.92 Å². The van der Waals surface area contributed by atoms with Crippen LogP contribution in [0.5, 0.6) is 0 Å². The van der Waals surface area contributed by atoms with E-state index in [0.29, 0.717) is 43.2 Å². The van der Waals surface area contributed by atoms with Crippen molar-refractivity contribution in [1.29, 1.82) is 0 Å². The highest BCUT2D eigenvalue weighted by Gasteiger charge is 2.38. The van der Waals surface area contributed by atoms with E-state index in [4.69, 9.17) is 9.47 Å². The molecule has 4 aliphatic heterocycles. The molecule has 3 saturated heterocycles. The monoisotopic (exact) mass is 415 g/mol. The first-order valence-electron chi connectivity index (χ1n) is 11.6. The first kappa shape index (κ1) is 20.2. The zero-order valence-corrected chi connectivity index (χ0v) is 17.8. The summed E-state index contributed by atoms with van der Waals surface area (Å²) in [6.45, 7) is 6.91. The number of hydrogen-bond donors (Lipinski definition) is 0. The molecular weight excluding hydrogens is 382 g/mol. The van der Waals surface area contributed by atoms with Gasteiger partial charge in [-0.25, -0.2) is 0 Å². The Labute approximate surface area is 177 Å². The van der Waals surface area contributed by atoms with Crippen molar-refractivity contribution in [2.75, 3.05) is 52.6 Å². The Hall–Kier alpha value is -1.70. The average molecular weight is 416 g/mol. The fraction of sp³-hybridized carbons (Fsp3) is 0.739. The molecular formula is C23H33N3O4. The van der Waals surface area contributed by atoms with Crippen LogP contribution in [0.15, 0.2) is 16.9 Å². The molecule has 2 atom stereocenters. The van der Waals surface area contributed by atoms with Gasteiger partial charge in [0.15, 0.2) is 0 Å². The molecule has 2 bridgehead atoms.